The summed E-state index contributed by atoms with van der Waals surface area (Å²) in [4.78, 5) is 12.5. The second-order valence-electron chi connectivity index (χ2n) is 15.6. The molecule has 5 rings (SSSR count). The minimum atomic E-state index is -2.66. The van der Waals surface area contributed by atoms with Crippen molar-refractivity contribution >= 4 is 30.6 Å². The van der Waals surface area contributed by atoms with Crippen LogP contribution in [0.1, 0.15) is 108 Å². The largest absolute Gasteiger partial charge is 0.403 e. The van der Waals surface area contributed by atoms with Gasteiger partial charge < -0.3 is 9.22 Å². The van der Waals surface area contributed by atoms with Crippen LogP contribution >= 0.6 is 0 Å². The highest BCUT2D eigenvalue weighted by Crippen LogP contribution is 2.46. The van der Waals surface area contributed by atoms with E-state index in [0.717, 1.165) is 17.4 Å². The first-order valence-electron chi connectivity index (χ1n) is 16.9. The van der Waals surface area contributed by atoms with Gasteiger partial charge >= 0.3 is 0 Å². The smallest absolute Gasteiger partial charge is 0.261 e. The summed E-state index contributed by atoms with van der Waals surface area (Å²) in [5.41, 5.74) is 7.92. The van der Waals surface area contributed by atoms with Crippen molar-refractivity contribution in [3.8, 4) is 0 Å². The van der Waals surface area contributed by atoms with Gasteiger partial charge in [0.2, 0.25) is 0 Å². The Balaban J connectivity index is 1.39. The number of rotatable bonds is 10. The first-order valence-corrected chi connectivity index (χ1v) is 18.8. The van der Waals surface area contributed by atoms with Gasteiger partial charge in [-0.15, -0.1) is 0 Å². The summed E-state index contributed by atoms with van der Waals surface area (Å²) >= 11 is 0. The number of carbonyl (C=O) groups excluding carboxylic acids is 1. The molecule has 46 heavy (non-hydrogen) atoms. The van der Waals surface area contributed by atoms with Crippen molar-refractivity contribution in [1.82, 2.24) is 0 Å². The van der Waals surface area contributed by atoms with E-state index >= 15 is 0 Å². The van der Waals surface area contributed by atoms with Gasteiger partial charge in [0.05, 0.1) is 6.61 Å². The van der Waals surface area contributed by atoms with Crippen LogP contribution in [0.4, 0.5) is 0 Å². The predicted molar refractivity (Wildman–Crippen MR) is 198 cm³/mol. The lowest BCUT2D eigenvalue weighted by Crippen LogP contribution is -2.66. The summed E-state index contributed by atoms with van der Waals surface area (Å²) in [7, 11) is -2.66. The van der Waals surface area contributed by atoms with E-state index in [1.165, 1.54) is 45.5 Å². The fraction of sp³-hybridized carbons (Fsp3) is 0.372. The molecule has 0 radical (unpaired) electrons. The molecule has 0 bridgehead atoms. The minimum Gasteiger partial charge on any atom is -0.403 e. The summed E-state index contributed by atoms with van der Waals surface area (Å²) in [5, 5.41) is 2.44. The minimum absolute atomic E-state index is 0.0946. The Labute approximate surface area is 279 Å². The Morgan fingerprint density at radius 3 is 1.93 bits per heavy atom. The lowest BCUT2D eigenvalue weighted by Gasteiger charge is -2.43. The van der Waals surface area contributed by atoms with Crippen molar-refractivity contribution < 1.29 is 9.22 Å². The number of aldehydes is 1. The Hall–Kier alpha value is -3.53. The molecular weight excluding hydrogens is 577 g/mol. The second kappa shape index (κ2) is 13.3. The van der Waals surface area contributed by atoms with E-state index in [9.17, 15) is 4.79 Å². The van der Waals surface area contributed by atoms with Crippen molar-refractivity contribution in [2.45, 2.75) is 103 Å². The molecule has 3 heteroatoms. The van der Waals surface area contributed by atoms with Crippen molar-refractivity contribution in [1.29, 1.82) is 0 Å². The Morgan fingerprint density at radius 1 is 0.783 bits per heavy atom. The van der Waals surface area contributed by atoms with Crippen LogP contribution in [0.3, 0.4) is 0 Å². The zero-order valence-electron chi connectivity index (χ0n) is 29.2. The molecule has 4 aromatic rings. The van der Waals surface area contributed by atoms with Gasteiger partial charge in [0.15, 0.2) is 0 Å². The molecule has 0 saturated heterocycles. The van der Waals surface area contributed by atoms with Gasteiger partial charge in [0.25, 0.3) is 8.32 Å². The molecule has 0 saturated carbocycles. The quantitative estimate of drug-likeness (QED) is 0.129. The topological polar surface area (TPSA) is 26.3 Å². The van der Waals surface area contributed by atoms with Gasteiger partial charge in [-0.1, -0.05) is 158 Å². The van der Waals surface area contributed by atoms with E-state index in [2.05, 4.69) is 165 Å². The number of carbonyl (C=O) groups is 1. The van der Waals surface area contributed by atoms with Crippen molar-refractivity contribution in [2.24, 2.45) is 0 Å². The first kappa shape index (κ1) is 33.8. The maximum absolute atomic E-state index is 12.5. The zero-order valence-corrected chi connectivity index (χ0v) is 30.2. The summed E-state index contributed by atoms with van der Waals surface area (Å²) in [5.74, 6) is -0.212. The van der Waals surface area contributed by atoms with Crippen molar-refractivity contribution in [3.63, 3.8) is 0 Å². The number of hydrogen-bond acceptors (Lipinski definition) is 2. The van der Waals surface area contributed by atoms with Crippen LogP contribution in [0.25, 0.3) is 5.57 Å². The average Bonchev–Trinajstić information content (AvgIpc) is 3.04. The van der Waals surface area contributed by atoms with Gasteiger partial charge in [-0.3, -0.25) is 0 Å². The van der Waals surface area contributed by atoms with E-state index in [-0.39, 0.29) is 21.8 Å². The molecule has 1 aliphatic carbocycles. The molecule has 0 spiro atoms. The number of benzene rings is 4. The molecule has 0 aliphatic heterocycles. The van der Waals surface area contributed by atoms with Crippen molar-refractivity contribution in [2.75, 3.05) is 0 Å². The lowest BCUT2D eigenvalue weighted by molar-refractivity contribution is -0.109. The third kappa shape index (κ3) is 6.77. The number of hydrogen-bond donors (Lipinski definition) is 0. The monoisotopic (exact) mass is 628 g/mol. The summed E-state index contributed by atoms with van der Waals surface area (Å²) in [6, 6.07) is 37.0. The Kier molecular flexibility index (Phi) is 9.77. The van der Waals surface area contributed by atoms with E-state index in [4.69, 9.17) is 4.43 Å². The van der Waals surface area contributed by atoms with Crippen LogP contribution in [0.15, 0.2) is 109 Å². The molecule has 1 unspecified atom stereocenters. The molecule has 1 atom stereocenters. The van der Waals surface area contributed by atoms with Crippen molar-refractivity contribution in [3.05, 3.63) is 137 Å². The summed E-state index contributed by atoms with van der Waals surface area (Å²) in [6.07, 6.45) is 6.42. The predicted octanol–water partition coefficient (Wildman–Crippen LogP) is 9.89. The molecule has 0 amide bonds. The van der Waals surface area contributed by atoms with Crippen LogP contribution in [0.5, 0.6) is 0 Å². The van der Waals surface area contributed by atoms with Gasteiger partial charge in [-0.2, -0.15) is 0 Å². The highest BCUT2D eigenvalue weighted by molar-refractivity contribution is 6.99. The molecule has 1 aliphatic rings. The first-order chi connectivity index (χ1) is 21.8. The third-order valence-electron chi connectivity index (χ3n) is 10.4. The molecule has 240 valence electrons. The molecule has 0 N–H and O–H groups in total. The average molecular weight is 629 g/mol. The van der Waals surface area contributed by atoms with E-state index in [1.807, 2.05) is 0 Å². The number of fused-ring (bicyclic) bond motifs is 1. The zero-order chi connectivity index (χ0) is 33.2. The van der Waals surface area contributed by atoms with E-state index in [1.54, 1.807) is 0 Å². The molecule has 0 aromatic heterocycles. The number of allylic oxidation sites excluding steroid dienone is 2. The van der Waals surface area contributed by atoms with Crippen LogP contribution in [0.2, 0.25) is 5.04 Å². The fourth-order valence-electron chi connectivity index (χ4n) is 7.39. The summed E-state index contributed by atoms with van der Waals surface area (Å²) in [6.45, 7) is 19.1. The molecule has 4 aromatic carbocycles. The highest BCUT2D eigenvalue weighted by atomic mass is 28.4. The Bertz CT molecular complexity index is 1640. The van der Waals surface area contributed by atoms with Crippen LogP contribution < -0.4 is 10.4 Å². The maximum atomic E-state index is 12.5. The fourth-order valence-corrected chi connectivity index (χ4v) is 11.9. The van der Waals surface area contributed by atoms with Gasteiger partial charge in [0, 0.05) is 5.92 Å². The normalized spacial score (nSPS) is 16.8. The van der Waals surface area contributed by atoms with Gasteiger partial charge in [-0.05, 0) is 85.8 Å². The summed E-state index contributed by atoms with van der Waals surface area (Å²) < 4.78 is 7.19. The van der Waals surface area contributed by atoms with Gasteiger partial charge in [-0.25, -0.2) is 0 Å². The van der Waals surface area contributed by atoms with Gasteiger partial charge in [0.1, 0.15) is 6.29 Å². The van der Waals surface area contributed by atoms with E-state index < -0.39 is 8.32 Å². The molecule has 2 nitrogen and oxygen atoms in total. The molecular formula is C43H52O2Si. The second-order valence-corrected chi connectivity index (χ2v) is 19.9. The lowest BCUT2D eigenvalue weighted by atomic mass is 9.63. The molecule has 0 heterocycles. The molecule has 0 fully saturated rings. The van der Waals surface area contributed by atoms with Crippen LogP contribution in [-0.4, -0.2) is 14.6 Å². The maximum Gasteiger partial charge on any atom is 0.261 e. The van der Waals surface area contributed by atoms with Crippen LogP contribution in [-0.2, 0) is 26.7 Å². The van der Waals surface area contributed by atoms with Crippen LogP contribution in [0, 0.1) is 0 Å². The SMILES string of the molecule is C/C(=C/CC(C=O)c1cccc(CO[Si](c2ccccc2)(c2ccccc2)C(C)(C)C)c1)c1ccc2c(c1)C(C)(C)CCC2(C)C. The Morgan fingerprint density at radius 2 is 1.37 bits per heavy atom. The van der Waals surface area contributed by atoms with E-state index in [0.29, 0.717) is 13.0 Å². The third-order valence-corrected chi connectivity index (χ3v) is 15.4. The highest BCUT2D eigenvalue weighted by Gasteiger charge is 2.50. The standard InChI is InChI=1S/C43H52O2Si/c1-32(34-24-25-39-40(29-34)43(7,8)27-26-42(39,5)6)22-23-36(30-44)35-17-15-16-33(28-35)31-45-46(41(2,3)4,37-18-11-9-12-19-37)38-20-13-10-14-21-38/h9-22,24-25,28-30,36H,23,26-27,31H2,1-8H3/b32-22-.